The Hall–Kier alpha value is -1.81. The molecule has 1 heterocycles. The van der Waals surface area contributed by atoms with Crippen LogP contribution < -0.4 is 5.56 Å². The molecule has 0 atom stereocenters. The molecule has 0 aliphatic rings. The zero-order chi connectivity index (χ0) is 13.4. The number of aromatic nitrogens is 1. The molecule has 0 amide bonds. The lowest BCUT2D eigenvalue weighted by Gasteiger charge is -2.13. The monoisotopic (exact) mass is 265 g/mol. The van der Waals surface area contributed by atoms with Gasteiger partial charge in [-0.15, -0.1) is 0 Å². The molecule has 0 aliphatic carbocycles. The Morgan fingerprint density at radius 1 is 1.39 bits per heavy atom. The highest BCUT2D eigenvalue weighted by atomic mass is 35.5. The van der Waals surface area contributed by atoms with E-state index in [1.807, 2.05) is 13.8 Å². The topological polar surface area (TPSA) is 70.2 Å². The number of carboxylic acid groups (broad SMARTS) is 1. The summed E-state index contributed by atoms with van der Waals surface area (Å²) in [6, 6.07) is 5.03. The Bertz CT molecular complexity index is 688. The van der Waals surface area contributed by atoms with Crippen LogP contribution in [0.5, 0.6) is 0 Å². The minimum absolute atomic E-state index is 0.0675. The summed E-state index contributed by atoms with van der Waals surface area (Å²) in [7, 11) is 0. The van der Waals surface area contributed by atoms with Gasteiger partial charge in [0.05, 0.1) is 5.52 Å². The molecular formula is C13H12ClNO3. The maximum atomic E-state index is 11.8. The maximum Gasteiger partial charge on any atom is 0.341 e. The molecule has 5 heteroatoms. The van der Waals surface area contributed by atoms with E-state index in [2.05, 4.69) is 4.98 Å². The lowest BCUT2D eigenvalue weighted by molar-refractivity contribution is 0.0693. The van der Waals surface area contributed by atoms with Crippen LogP contribution in [0.3, 0.4) is 0 Å². The molecule has 0 saturated heterocycles. The molecule has 0 saturated carbocycles. The predicted molar refractivity (Wildman–Crippen MR) is 70.6 cm³/mol. The van der Waals surface area contributed by atoms with E-state index in [1.54, 1.807) is 18.2 Å². The quantitative estimate of drug-likeness (QED) is 0.877. The molecule has 18 heavy (non-hydrogen) atoms. The van der Waals surface area contributed by atoms with Crippen molar-refractivity contribution in [2.24, 2.45) is 0 Å². The summed E-state index contributed by atoms with van der Waals surface area (Å²) in [4.78, 5) is 25.6. The Morgan fingerprint density at radius 2 is 2.06 bits per heavy atom. The first-order chi connectivity index (χ1) is 8.41. The third kappa shape index (κ3) is 1.99. The van der Waals surface area contributed by atoms with Crippen LogP contribution in [0, 0.1) is 0 Å². The minimum Gasteiger partial charge on any atom is -0.477 e. The number of pyridine rings is 1. The molecule has 0 fully saturated rings. The Labute approximate surface area is 108 Å². The Kier molecular flexibility index (Phi) is 3.13. The van der Waals surface area contributed by atoms with Crippen molar-refractivity contribution in [3.8, 4) is 0 Å². The van der Waals surface area contributed by atoms with Crippen molar-refractivity contribution in [1.29, 1.82) is 0 Å². The summed E-state index contributed by atoms with van der Waals surface area (Å²) >= 11 is 5.87. The van der Waals surface area contributed by atoms with E-state index in [0.29, 0.717) is 21.5 Å². The van der Waals surface area contributed by atoms with E-state index in [4.69, 9.17) is 16.7 Å². The van der Waals surface area contributed by atoms with Gasteiger partial charge in [-0.2, -0.15) is 0 Å². The average molecular weight is 266 g/mol. The van der Waals surface area contributed by atoms with E-state index in [-0.39, 0.29) is 11.5 Å². The van der Waals surface area contributed by atoms with Gasteiger partial charge >= 0.3 is 5.97 Å². The fourth-order valence-electron chi connectivity index (χ4n) is 2.11. The van der Waals surface area contributed by atoms with Gasteiger partial charge in [0.15, 0.2) is 0 Å². The third-order valence-electron chi connectivity index (χ3n) is 2.81. The van der Waals surface area contributed by atoms with E-state index < -0.39 is 11.5 Å². The van der Waals surface area contributed by atoms with Gasteiger partial charge < -0.3 is 10.1 Å². The number of fused-ring (bicyclic) bond motifs is 1. The number of carboxylic acids is 1. The van der Waals surface area contributed by atoms with Crippen molar-refractivity contribution in [1.82, 2.24) is 4.98 Å². The second-order valence-corrected chi connectivity index (χ2v) is 4.83. The normalized spacial score (nSPS) is 11.1. The SMILES string of the molecule is CC(C)c1c(C(=O)O)c(=O)[nH]c2cc(Cl)ccc12. The first-order valence-corrected chi connectivity index (χ1v) is 5.88. The fraction of sp³-hybridized carbons (Fsp3) is 0.231. The van der Waals surface area contributed by atoms with Gasteiger partial charge in [-0.3, -0.25) is 4.79 Å². The molecular weight excluding hydrogens is 254 g/mol. The average Bonchev–Trinajstić information content (AvgIpc) is 2.25. The van der Waals surface area contributed by atoms with Gasteiger partial charge in [-0.05, 0) is 23.6 Å². The number of nitrogens with one attached hydrogen (secondary N) is 1. The second-order valence-electron chi connectivity index (χ2n) is 4.39. The molecule has 94 valence electrons. The van der Waals surface area contributed by atoms with Crippen LogP contribution in [-0.2, 0) is 0 Å². The number of hydrogen-bond acceptors (Lipinski definition) is 2. The largest absolute Gasteiger partial charge is 0.477 e. The lowest BCUT2D eigenvalue weighted by Crippen LogP contribution is -2.21. The van der Waals surface area contributed by atoms with E-state index in [9.17, 15) is 9.59 Å². The molecule has 0 spiro atoms. The second kappa shape index (κ2) is 4.46. The summed E-state index contributed by atoms with van der Waals surface area (Å²) in [5.41, 5.74) is 0.305. The predicted octanol–water partition coefficient (Wildman–Crippen LogP) is 3.00. The van der Waals surface area contributed by atoms with Crippen LogP contribution in [0.25, 0.3) is 10.9 Å². The molecule has 1 aromatic carbocycles. The van der Waals surface area contributed by atoms with Gasteiger partial charge in [-0.25, -0.2) is 4.79 Å². The molecule has 0 radical (unpaired) electrons. The first kappa shape index (κ1) is 12.6. The van der Waals surface area contributed by atoms with Gasteiger partial charge in [-0.1, -0.05) is 31.5 Å². The van der Waals surface area contributed by atoms with Crippen LogP contribution in [-0.4, -0.2) is 16.1 Å². The standard InChI is InChI=1S/C13H12ClNO3/c1-6(2)10-8-4-3-7(14)5-9(8)15-12(16)11(10)13(17)18/h3-6H,1-2H3,(H,15,16)(H,17,18). The van der Waals surface area contributed by atoms with Crippen molar-refractivity contribution < 1.29 is 9.90 Å². The summed E-state index contributed by atoms with van der Waals surface area (Å²) in [5.74, 6) is -1.28. The summed E-state index contributed by atoms with van der Waals surface area (Å²) in [5, 5.41) is 10.4. The van der Waals surface area contributed by atoms with E-state index >= 15 is 0 Å². The number of benzene rings is 1. The van der Waals surface area contributed by atoms with Crippen LogP contribution >= 0.6 is 11.6 Å². The van der Waals surface area contributed by atoms with Crippen molar-refractivity contribution in [3.05, 3.63) is 44.7 Å². The van der Waals surface area contributed by atoms with E-state index in [0.717, 1.165) is 0 Å². The minimum atomic E-state index is -1.21. The number of aromatic carboxylic acids is 1. The number of hydrogen-bond donors (Lipinski definition) is 2. The van der Waals surface area contributed by atoms with Crippen molar-refractivity contribution in [3.63, 3.8) is 0 Å². The van der Waals surface area contributed by atoms with Gasteiger partial charge in [0.1, 0.15) is 5.56 Å². The number of halogens is 1. The summed E-state index contributed by atoms with van der Waals surface area (Å²) in [6.45, 7) is 3.71. The number of H-pyrrole nitrogens is 1. The highest BCUT2D eigenvalue weighted by Gasteiger charge is 2.20. The molecule has 2 aromatic rings. The van der Waals surface area contributed by atoms with E-state index in [1.165, 1.54) is 0 Å². The van der Waals surface area contributed by atoms with Crippen molar-refractivity contribution >= 4 is 28.5 Å². The van der Waals surface area contributed by atoms with Crippen molar-refractivity contribution in [2.45, 2.75) is 19.8 Å². The molecule has 0 aliphatic heterocycles. The number of aromatic amines is 1. The molecule has 0 bridgehead atoms. The summed E-state index contributed by atoms with van der Waals surface area (Å²) in [6.07, 6.45) is 0. The van der Waals surface area contributed by atoms with Crippen LogP contribution in [0.1, 0.15) is 35.7 Å². The van der Waals surface area contributed by atoms with Crippen LogP contribution in [0.4, 0.5) is 0 Å². The molecule has 1 aromatic heterocycles. The summed E-state index contributed by atoms with van der Waals surface area (Å²) < 4.78 is 0. The lowest BCUT2D eigenvalue weighted by atomic mass is 9.94. The smallest absolute Gasteiger partial charge is 0.341 e. The van der Waals surface area contributed by atoms with Crippen LogP contribution in [0.2, 0.25) is 5.02 Å². The molecule has 2 N–H and O–H groups in total. The Balaban J connectivity index is 2.99. The number of rotatable bonds is 2. The van der Waals surface area contributed by atoms with Gasteiger partial charge in [0.25, 0.3) is 5.56 Å². The molecule has 4 nitrogen and oxygen atoms in total. The molecule has 0 unspecified atom stereocenters. The highest BCUT2D eigenvalue weighted by molar-refractivity contribution is 6.31. The fourth-order valence-corrected chi connectivity index (χ4v) is 2.28. The highest BCUT2D eigenvalue weighted by Crippen LogP contribution is 2.27. The van der Waals surface area contributed by atoms with Crippen LogP contribution in [0.15, 0.2) is 23.0 Å². The Morgan fingerprint density at radius 3 is 2.61 bits per heavy atom. The van der Waals surface area contributed by atoms with Crippen molar-refractivity contribution in [2.75, 3.05) is 0 Å². The maximum absolute atomic E-state index is 11.8. The van der Waals surface area contributed by atoms with Gasteiger partial charge in [0.2, 0.25) is 0 Å². The third-order valence-corrected chi connectivity index (χ3v) is 3.04. The zero-order valence-corrected chi connectivity index (χ0v) is 10.7. The first-order valence-electron chi connectivity index (χ1n) is 5.50. The number of carbonyl (C=O) groups is 1. The van der Waals surface area contributed by atoms with Gasteiger partial charge in [0, 0.05) is 10.4 Å². The molecule has 2 rings (SSSR count). The zero-order valence-electron chi connectivity index (χ0n) is 9.95.